The minimum atomic E-state index is -3.52. The Morgan fingerprint density at radius 3 is 2.24 bits per heavy atom. The molecule has 1 N–H and O–H groups in total. The summed E-state index contributed by atoms with van der Waals surface area (Å²) in [6.45, 7) is 5.31. The number of nitrogens with one attached hydrogen (secondary N) is 1. The van der Waals surface area contributed by atoms with Crippen molar-refractivity contribution in [3.63, 3.8) is 0 Å². The molecule has 10 heteroatoms. The average Bonchev–Trinajstić information content (AvgIpc) is 2.79. The minimum absolute atomic E-state index is 0.196. The van der Waals surface area contributed by atoms with Gasteiger partial charge >= 0.3 is 0 Å². The molecule has 4 rings (SSSR count). The molecule has 0 bridgehead atoms. The monoisotopic (exact) mass is 419 g/mol. The Bertz CT molecular complexity index is 893. The number of sulfonamides is 1. The highest BCUT2D eigenvalue weighted by atomic mass is 32.2. The van der Waals surface area contributed by atoms with Crippen LogP contribution < -0.4 is 10.2 Å². The molecule has 2 saturated heterocycles. The molecule has 0 saturated carbocycles. The highest BCUT2D eigenvalue weighted by molar-refractivity contribution is 7.89. The molecule has 0 aliphatic carbocycles. The topological polar surface area (TPSA) is 96.9 Å². The van der Waals surface area contributed by atoms with Crippen molar-refractivity contribution < 1.29 is 17.9 Å². The van der Waals surface area contributed by atoms with Crippen molar-refractivity contribution in [2.45, 2.75) is 11.4 Å². The van der Waals surface area contributed by atoms with Gasteiger partial charge in [-0.25, -0.2) is 18.4 Å². The summed E-state index contributed by atoms with van der Waals surface area (Å²) in [4.78, 5) is 11.2. The van der Waals surface area contributed by atoms with Crippen molar-refractivity contribution in [1.82, 2.24) is 14.3 Å². The first-order valence-electron chi connectivity index (χ1n) is 9.68. The van der Waals surface area contributed by atoms with Crippen LogP contribution in [0.4, 0.5) is 11.6 Å². The van der Waals surface area contributed by atoms with Gasteiger partial charge in [0.2, 0.25) is 10.0 Å². The Labute approximate surface area is 170 Å². The molecular weight excluding hydrogens is 394 g/mol. The third-order valence-corrected chi connectivity index (χ3v) is 6.84. The van der Waals surface area contributed by atoms with Gasteiger partial charge in [-0.3, -0.25) is 0 Å². The summed E-state index contributed by atoms with van der Waals surface area (Å²) in [6, 6.07) is 7.30. The number of aromatic nitrogens is 2. The first kappa shape index (κ1) is 20.0. The van der Waals surface area contributed by atoms with Crippen molar-refractivity contribution in [2.75, 3.05) is 62.8 Å². The van der Waals surface area contributed by atoms with Crippen molar-refractivity contribution in [1.29, 1.82) is 0 Å². The van der Waals surface area contributed by atoms with E-state index in [1.54, 1.807) is 12.1 Å². The largest absolute Gasteiger partial charge is 0.379 e. The molecule has 0 radical (unpaired) electrons. The zero-order valence-corrected chi connectivity index (χ0v) is 17.0. The predicted octanol–water partition coefficient (Wildman–Crippen LogP) is 0.946. The van der Waals surface area contributed by atoms with Gasteiger partial charge in [0.25, 0.3) is 0 Å². The molecule has 2 aliphatic rings. The quantitative estimate of drug-likeness (QED) is 0.739. The Morgan fingerprint density at radius 2 is 1.62 bits per heavy atom. The highest BCUT2D eigenvalue weighted by Crippen LogP contribution is 2.18. The van der Waals surface area contributed by atoms with E-state index in [4.69, 9.17) is 9.47 Å². The molecule has 2 aromatic rings. The highest BCUT2D eigenvalue weighted by Gasteiger charge is 2.26. The van der Waals surface area contributed by atoms with E-state index in [1.807, 2.05) is 18.3 Å². The van der Waals surface area contributed by atoms with Crippen LogP contribution in [0, 0.1) is 0 Å². The molecule has 4 heterocycles. The number of pyridine rings is 2. The lowest BCUT2D eigenvalue weighted by molar-refractivity contribution is 0.0730. The van der Waals surface area contributed by atoms with E-state index in [9.17, 15) is 8.42 Å². The SMILES string of the molecule is O=S(=O)(c1ccc(NCc2ccc(N3CCOCC3)nc2)nc1)N1CCOCC1. The molecule has 29 heavy (non-hydrogen) atoms. The summed E-state index contributed by atoms with van der Waals surface area (Å²) in [7, 11) is -3.52. The lowest BCUT2D eigenvalue weighted by Gasteiger charge is -2.27. The molecule has 9 nitrogen and oxygen atoms in total. The van der Waals surface area contributed by atoms with Crippen molar-refractivity contribution in [3.05, 3.63) is 42.2 Å². The number of hydrogen-bond donors (Lipinski definition) is 1. The molecule has 0 aromatic carbocycles. The summed E-state index contributed by atoms with van der Waals surface area (Å²) in [5, 5.41) is 3.21. The molecule has 2 fully saturated rings. The fourth-order valence-corrected chi connectivity index (χ4v) is 4.62. The number of anilines is 2. The van der Waals surface area contributed by atoms with Gasteiger partial charge in [0, 0.05) is 45.1 Å². The molecule has 2 aromatic heterocycles. The zero-order chi connectivity index (χ0) is 20.1. The van der Waals surface area contributed by atoms with E-state index in [0.29, 0.717) is 38.7 Å². The van der Waals surface area contributed by atoms with Gasteiger partial charge in [-0.05, 0) is 23.8 Å². The Morgan fingerprint density at radius 1 is 0.897 bits per heavy atom. The molecule has 0 spiro atoms. The second-order valence-corrected chi connectivity index (χ2v) is 8.81. The molecular formula is C19H25N5O4S. The normalized spacial score (nSPS) is 18.6. The number of nitrogens with zero attached hydrogens (tertiary/aromatic N) is 4. The first-order valence-corrected chi connectivity index (χ1v) is 11.1. The fourth-order valence-electron chi connectivity index (χ4n) is 3.27. The molecule has 2 aliphatic heterocycles. The third-order valence-electron chi connectivity index (χ3n) is 4.96. The van der Waals surface area contributed by atoms with Gasteiger partial charge in [-0.2, -0.15) is 4.31 Å². The number of rotatable bonds is 6. The average molecular weight is 420 g/mol. The summed E-state index contributed by atoms with van der Waals surface area (Å²) in [5.74, 6) is 1.57. The van der Waals surface area contributed by atoms with E-state index >= 15 is 0 Å². The Hall–Kier alpha value is -2.27. The smallest absolute Gasteiger partial charge is 0.244 e. The van der Waals surface area contributed by atoms with Gasteiger partial charge in [0.1, 0.15) is 16.5 Å². The van der Waals surface area contributed by atoms with Gasteiger partial charge in [0.15, 0.2) is 0 Å². The van der Waals surface area contributed by atoms with Gasteiger partial charge in [-0.1, -0.05) is 6.07 Å². The number of ether oxygens (including phenoxy) is 2. The van der Waals surface area contributed by atoms with Gasteiger partial charge in [0.05, 0.1) is 26.4 Å². The number of morpholine rings is 2. The number of hydrogen-bond acceptors (Lipinski definition) is 8. The lowest BCUT2D eigenvalue weighted by Crippen LogP contribution is -2.40. The summed E-state index contributed by atoms with van der Waals surface area (Å²) in [5.41, 5.74) is 1.02. The van der Waals surface area contributed by atoms with E-state index in [-0.39, 0.29) is 4.90 Å². The standard InChI is InChI=1S/C19H25N5O4S/c25-29(26,24-7-11-28-12-8-24)17-2-3-18(21-15-17)20-13-16-1-4-19(22-14-16)23-5-9-27-10-6-23/h1-4,14-15H,5-13H2,(H,20,21). The second-order valence-electron chi connectivity index (χ2n) is 6.87. The molecule has 0 atom stereocenters. The predicted molar refractivity (Wildman–Crippen MR) is 108 cm³/mol. The van der Waals surface area contributed by atoms with E-state index in [2.05, 4.69) is 20.2 Å². The van der Waals surface area contributed by atoms with Gasteiger partial charge in [-0.15, -0.1) is 0 Å². The summed E-state index contributed by atoms with van der Waals surface area (Å²) >= 11 is 0. The van der Waals surface area contributed by atoms with E-state index < -0.39 is 10.0 Å². The summed E-state index contributed by atoms with van der Waals surface area (Å²) in [6.07, 6.45) is 3.24. The fraction of sp³-hybridized carbons (Fsp3) is 0.474. The van der Waals surface area contributed by atoms with Crippen molar-refractivity contribution in [3.8, 4) is 0 Å². The van der Waals surface area contributed by atoms with Crippen LogP contribution >= 0.6 is 0 Å². The molecule has 0 amide bonds. The van der Waals surface area contributed by atoms with Crippen molar-refractivity contribution in [2.24, 2.45) is 0 Å². The van der Waals surface area contributed by atoms with Gasteiger partial charge < -0.3 is 19.7 Å². The third kappa shape index (κ3) is 4.84. The van der Waals surface area contributed by atoms with E-state index in [0.717, 1.165) is 37.7 Å². The van der Waals surface area contributed by atoms with Crippen LogP contribution in [0.15, 0.2) is 41.6 Å². The van der Waals surface area contributed by atoms with Crippen LogP contribution in [0.1, 0.15) is 5.56 Å². The minimum Gasteiger partial charge on any atom is -0.379 e. The van der Waals surface area contributed by atoms with Crippen LogP contribution in [-0.2, 0) is 26.0 Å². The van der Waals surface area contributed by atoms with Crippen LogP contribution in [0.5, 0.6) is 0 Å². The zero-order valence-electron chi connectivity index (χ0n) is 16.2. The van der Waals surface area contributed by atoms with Crippen molar-refractivity contribution >= 4 is 21.7 Å². The lowest BCUT2D eigenvalue weighted by atomic mass is 10.2. The van der Waals surface area contributed by atoms with Crippen LogP contribution in [0.3, 0.4) is 0 Å². The maximum absolute atomic E-state index is 12.6. The van der Waals surface area contributed by atoms with Crippen LogP contribution in [0.25, 0.3) is 0 Å². The van der Waals surface area contributed by atoms with Crippen LogP contribution in [0.2, 0.25) is 0 Å². The first-order chi connectivity index (χ1) is 14.1. The Kier molecular flexibility index (Phi) is 6.24. The molecule has 0 unspecified atom stereocenters. The van der Waals surface area contributed by atoms with E-state index in [1.165, 1.54) is 10.5 Å². The van der Waals surface area contributed by atoms with Crippen LogP contribution in [-0.4, -0.2) is 75.3 Å². The molecule has 156 valence electrons. The summed E-state index contributed by atoms with van der Waals surface area (Å²) < 4.78 is 37.3. The maximum atomic E-state index is 12.6. The Balaban J connectivity index is 1.34. The maximum Gasteiger partial charge on any atom is 0.244 e. The second kappa shape index (κ2) is 9.04.